The fourth-order valence-corrected chi connectivity index (χ4v) is 6.05. The predicted octanol–water partition coefficient (Wildman–Crippen LogP) is 5.09. The van der Waals surface area contributed by atoms with Crippen LogP contribution in [-0.2, 0) is 14.8 Å². The van der Waals surface area contributed by atoms with E-state index in [2.05, 4.69) is 10.5 Å². The first-order chi connectivity index (χ1) is 17.1. The average molecular weight is 516 g/mol. The van der Waals surface area contributed by atoms with E-state index in [4.69, 9.17) is 4.52 Å². The first kappa shape index (κ1) is 25.7. The Labute approximate surface area is 208 Å². The van der Waals surface area contributed by atoms with Gasteiger partial charge in [-0.3, -0.25) is 4.79 Å². The van der Waals surface area contributed by atoms with Gasteiger partial charge in [0.25, 0.3) is 0 Å². The van der Waals surface area contributed by atoms with Gasteiger partial charge in [-0.15, -0.1) is 0 Å². The summed E-state index contributed by atoms with van der Waals surface area (Å²) in [4.78, 5) is 12.8. The minimum Gasteiger partial charge on any atom is -0.355 e. The Morgan fingerprint density at radius 1 is 1.08 bits per heavy atom. The van der Waals surface area contributed by atoms with Crippen molar-refractivity contribution in [3.63, 3.8) is 0 Å². The van der Waals surface area contributed by atoms with Crippen LogP contribution in [0.2, 0.25) is 0 Å². The summed E-state index contributed by atoms with van der Waals surface area (Å²) in [6, 6.07) is 8.87. The van der Waals surface area contributed by atoms with E-state index in [1.807, 2.05) is 32.0 Å². The van der Waals surface area contributed by atoms with E-state index in [-0.39, 0.29) is 46.8 Å². The van der Waals surface area contributed by atoms with Gasteiger partial charge in [-0.1, -0.05) is 23.4 Å². The first-order valence-corrected chi connectivity index (χ1v) is 13.0. The highest BCUT2D eigenvalue weighted by atomic mass is 32.2. The monoisotopic (exact) mass is 515 g/mol. The van der Waals surface area contributed by atoms with E-state index < -0.39 is 21.7 Å². The Bertz CT molecular complexity index is 1400. The molecule has 1 aromatic heterocycles. The minimum atomic E-state index is -3.98. The second-order valence-corrected chi connectivity index (χ2v) is 10.8. The molecule has 0 saturated carbocycles. The molecule has 36 heavy (non-hydrogen) atoms. The van der Waals surface area contributed by atoms with Crippen molar-refractivity contribution in [3.8, 4) is 0 Å². The number of carbonyl (C=O) groups excluding carboxylic acids is 1. The van der Waals surface area contributed by atoms with Gasteiger partial charge in [-0.2, -0.15) is 4.31 Å². The molecule has 190 valence electrons. The summed E-state index contributed by atoms with van der Waals surface area (Å²) in [5.74, 6) is -2.00. The highest BCUT2D eigenvalue weighted by Crippen LogP contribution is 2.30. The largest absolute Gasteiger partial charge is 0.355 e. The number of anilines is 1. The first-order valence-electron chi connectivity index (χ1n) is 11.5. The van der Waals surface area contributed by atoms with Crippen molar-refractivity contribution in [2.75, 3.05) is 18.4 Å². The van der Waals surface area contributed by atoms with E-state index in [0.717, 1.165) is 28.9 Å². The third kappa shape index (κ3) is 5.24. The summed E-state index contributed by atoms with van der Waals surface area (Å²) in [6.45, 7) is 5.68. The van der Waals surface area contributed by atoms with Crippen molar-refractivity contribution in [1.82, 2.24) is 9.46 Å². The molecule has 1 amide bonds. The second kappa shape index (κ2) is 10.3. The smallest absolute Gasteiger partial charge is 0.248 e. The minimum absolute atomic E-state index is 0.0499. The third-order valence-corrected chi connectivity index (χ3v) is 8.42. The number of para-hydroxylation sites is 1. The van der Waals surface area contributed by atoms with Crippen LogP contribution in [0.4, 0.5) is 14.5 Å². The number of halogens is 2. The van der Waals surface area contributed by atoms with Crippen molar-refractivity contribution in [1.29, 1.82) is 0 Å². The van der Waals surface area contributed by atoms with Gasteiger partial charge in [0.1, 0.15) is 17.3 Å². The lowest BCUT2D eigenvalue weighted by Gasteiger charge is -2.30. The van der Waals surface area contributed by atoms with Crippen LogP contribution in [0, 0.1) is 38.3 Å². The lowest BCUT2D eigenvalue weighted by molar-refractivity contribution is -0.120. The highest BCUT2D eigenvalue weighted by Gasteiger charge is 2.36. The topological polar surface area (TPSA) is 92.5 Å². The molecule has 0 aliphatic carbocycles. The molecule has 1 fully saturated rings. The Hall–Kier alpha value is -3.37. The van der Waals surface area contributed by atoms with Crippen LogP contribution >= 0.6 is 0 Å². The Kier molecular flexibility index (Phi) is 7.37. The number of carbonyl (C=O) groups is 1. The van der Waals surface area contributed by atoms with E-state index in [1.54, 1.807) is 0 Å². The Morgan fingerprint density at radius 2 is 1.75 bits per heavy atom. The van der Waals surface area contributed by atoms with Crippen molar-refractivity contribution in [2.24, 2.45) is 5.92 Å². The number of hydrogen-bond donors (Lipinski definition) is 1. The van der Waals surface area contributed by atoms with Gasteiger partial charge >= 0.3 is 0 Å². The van der Waals surface area contributed by atoms with Crippen molar-refractivity contribution in [2.45, 2.75) is 38.5 Å². The number of sulfonamides is 1. The summed E-state index contributed by atoms with van der Waals surface area (Å²) in [6.07, 6.45) is 3.34. The van der Waals surface area contributed by atoms with Crippen molar-refractivity contribution >= 4 is 33.8 Å². The summed E-state index contributed by atoms with van der Waals surface area (Å²) >= 11 is 0. The Balaban J connectivity index is 1.47. The molecule has 3 aromatic rings. The Morgan fingerprint density at radius 3 is 2.39 bits per heavy atom. The van der Waals surface area contributed by atoms with Gasteiger partial charge < -0.3 is 9.84 Å². The molecule has 1 saturated heterocycles. The zero-order valence-corrected chi connectivity index (χ0v) is 21.0. The van der Waals surface area contributed by atoms with Crippen LogP contribution in [0.15, 0.2) is 45.8 Å². The zero-order chi connectivity index (χ0) is 26.0. The van der Waals surface area contributed by atoms with Crippen LogP contribution in [0.25, 0.3) is 12.2 Å². The maximum Gasteiger partial charge on any atom is 0.248 e. The van der Waals surface area contributed by atoms with Crippen LogP contribution in [-0.4, -0.2) is 36.9 Å². The molecule has 0 radical (unpaired) electrons. The summed E-state index contributed by atoms with van der Waals surface area (Å²) in [5.41, 5.74) is 2.96. The van der Waals surface area contributed by atoms with Crippen LogP contribution in [0.3, 0.4) is 0 Å². The molecular formula is C26H27F2N3O4S. The quantitative estimate of drug-likeness (QED) is 0.494. The van der Waals surface area contributed by atoms with Crippen LogP contribution in [0.5, 0.6) is 0 Å². The van der Waals surface area contributed by atoms with Gasteiger partial charge in [-0.05, 0) is 69.0 Å². The molecule has 0 spiro atoms. The highest BCUT2D eigenvalue weighted by molar-refractivity contribution is 7.89. The van der Waals surface area contributed by atoms with E-state index in [9.17, 15) is 22.0 Å². The van der Waals surface area contributed by atoms with Gasteiger partial charge in [0.05, 0.1) is 0 Å². The maximum absolute atomic E-state index is 14.0. The van der Waals surface area contributed by atoms with Crippen molar-refractivity contribution in [3.05, 3.63) is 76.2 Å². The maximum atomic E-state index is 14.0. The summed E-state index contributed by atoms with van der Waals surface area (Å²) < 4.78 is 60.5. The molecule has 0 atom stereocenters. The fraction of sp³-hybridized carbons (Fsp3) is 0.308. The lowest BCUT2D eigenvalue weighted by atomic mass is 9.96. The standard InChI is InChI=1S/C26H27F2N3O4S/c1-16-5-4-6-17(2)24(16)29-26(32)20-11-13-31(14-12-20)36(33,34)25-18(3)30-35-23(25)10-8-19-7-9-21(27)15-22(19)28/h4-10,15,20H,11-14H2,1-3H3,(H,29,32). The van der Waals surface area contributed by atoms with Crippen molar-refractivity contribution < 1.29 is 26.5 Å². The number of hydrogen-bond acceptors (Lipinski definition) is 5. The van der Waals surface area contributed by atoms with E-state index in [1.165, 1.54) is 29.4 Å². The number of nitrogens with one attached hydrogen (secondary N) is 1. The molecule has 4 rings (SSSR count). The number of nitrogens with zero attached hydrogens (tertiary/aromatic N) is 2. The van der Waals surface area contributed by atoms with Gasteiger partial charge in [0, 0.05) is 36.3 Å². The normalized spacial score (nSPS) is 15.5. The predicted molar refractivity (Wildman–Crippen MR) is 133 cm³/mol. The average Bonchev–Trinajstić information content (AvgIpc) is 3.22. The van der Waals surface area contributed by atoms with Gasteiger partial charge in [-0.25, -0.2) is 17.2 Å². The summed E-state index contributed by atoms with van der Waals surface area (Å²) in [7, 11) is -3.98. The number of piperidine rings is 1. The molecular weight excluding hydrogens is 488 g/mol. The van der Waals surface area contributed by atoms with Crippen LogP contribution < -0.4 is 5.32 Å². The zero-order valence-electron chi connectivity index (χ0n) is 20.2. The number of aryl methyl sites for hydroxylation is 3. The molecule has 1 N–H and O–H groups in total. The molecule has 2 heterocycles. The molecule has 1 aliphatic rings. The third-order valence-electron chi connectivity index (χ3n) is 6.36. The summed E-state index contributed by atoms with van der Waals surface area (Å²) in [5, 5.41) is 6.78. The lowest BCUT2D eigenvalue weighted by Crippen LogP contribution is -2.41. The molecule has 1 aliphatic heterocycles. The molecule has 0 bridgehead atoms. The second-order valence-electron chi connectivity index (χ2n) is 8.89. The molecule has 0 unspecified atom stereocenters. The number of rotatable bonds is 6. The number of aromatic nitrogens is 1. The van der Waals surface area contributed by atoms with Gasteiger partial charge in [0.15, 0.2) is 10.7 Å². The number of amides is 1. The fourth-order valence-electron chi connectivity index (χ4n) is 4.33. The van der Waals surface area contributed by atoms with Crippen LogP contribution in [0.1, 0.15) is 41.0 Å². The van der Waals surface area contributed by atoms with Gasteiger partial charge in [0.2, 0.25) is 15.9 Å². The number of benzene rings is 2. The SMILES string of the molecule is Cc1cccc(C)c1NC(=O)C1CCN(S(=O)(=O)c2c(C)noc2C=Cc2ccc(F)cc2F)CC1. The molecule has 7 nitrogen and oxygen atoms in total. The molecule has 2 aromatic carbocycles. The molecule has 10 heteroatoms. The van der Waals surface area contributed by atoms with E-state index >= 15 is 0 Å². The van der Waals surface area contributed by atoms with E-state index in [0.29, 0.717) is 12.8 Å².